The Balaban J connectivity index is 1.74. The highest BCUT2D eigenvalue weighted by atomic mass is 32.1. The van der Waals surface area contributed by atoms with Crippen LogP contribution >= 0.6 is 11.3 Å². The van der Waals surface area contributed by atoms with Gasteiger partial charge in [-0.15, -0.1) is 11.3 Å². The fourth-order valence-electron chi connectivity index (χ4n) is 2.04. The van der Waals surface area contributed by atoms with Gasteiger partial charge in [0.25, 0.3) is 0 Å². The van der Waals surface area contributed by atoms with Gasteiger partial charge in [0, 0.05) is 16.5 Å². The van der Waals surface area contributed by atoms with E-state index in [0.29, 0.717) is 10.7 Å². The number of nitrogens with one attached hydrogen (secondary N) is 1. The van der Waals surface area contributed by atoms with E-state index in [1.165, 1.54) is 23.6 Å². The number of thiazole rings is 1. The lowest BCUT2D eigenvalue weighted by Crippen LogP contribution is -1.93. The minimum Gasteiger partial charge on any atom is -0.496 e. The zero-order valence-corrected chi connectivity index (χ0v) is 13.2. The van der Waals surface area contributed by atoms with Crippen LogP contribution in [0, 0.1) is 5.82 Å². The molecule has 1 aromatic heterocycles. The molecule has 3 aromatic rings. The van der Waals surface area contributed by atoms with Crippen molar-refractivity contribution in [2.75, 3.05) is 12.5 Å². The molecule has 0 bridgehead atoms. The highest BCUT2D eigenvalue weighted by Crippen LogP contribution is 2.31. The first kappa shape index (κ1) is 15.2. The maximum atomic E-state index is 13.5. The van der Waals surface area contributed by atoms with Gasteiger partial charge in [0.05, 0.1) is 19.0 Å². The normalized spacial score (nSPS) is 10.9. The fourth-order valence-corrected chi connectivity index (χ4v) is 2.70. The molecule has 0 atom stereocenters. The number of hydrogen-bond acceptors (Lipinski definition) is 5. The van der Waals surface area contributed by atoms with Gasteiger partial charge in [0.1, 0.15) is 11.6 Å². The van der Waals surface area contributed by atoms with Gasteiger partial charge in [-0.2, -0.15) is 5.10 Å². The van der Waals surface area contributed by atoms with Crippen molar-refractivity contribution in [3.8, 4) is 17.0 Å². The van der Waals surface area contributed by atoms with Crippen molar-refractivity contribution >= 4 is 22.7 Å². The average molecular weight is 327 g/mol. The maximum Gasteiger partial charge on any atom is 0.203 e. The molecule has 0 aliphatic rings. The summed E-state index contributed by atoms with van der Waals surface area (Å²) < 4.78 is 18.8. The predicted molar refractivity (Wildman–Crippen MR) is 91.7 cm³/mol. The zero-order chi connectivity index (χ0) is 16.1. The Bertz CT molecular complexity index is 832. The maximum absolute atomic E-state index is 13.5. The molecule has 0 spiro atoms. The number of benzene rings is 2. The summed E-state index contributed by atoms with van der Waals surface area (Å²) in [5.41, 5.74) is 4.95. The van der Waals surface area contributed by atoms with Gasteiger partial charge in [-0.25, -0.2) is 9.37 Å². The number of anilines is 1. The second-order valence-corrected chi connectivity index (χ2v) is 5.49. The molecule has 3 rings (SSSR count). The Labute approximate surface area is 137 Å². The molecule has 1 heterocycles. The lowest BCUT2D eigenvalue weighted by Gasteiger charge is -2.04. The first-order valence-corrected chi connectivity index (χ1v) is 7.78. The molecule has 23 heavy (non-hydrogen) atoms. The summed E-state index contributed by atoms with van der Waals surface area (Å²) in [5.74, 6) is 0.450. The quantitative estimate of drug-likeness (QED) is 0.558. The van der Waals surface area contributed by atoms with E-state index >= 15 is 0 Å². The molecule has 4 nitrogen and oxygen atoms in total. The van der Waals surface area contributed by atoms with Gasteiger partial charge in [0.15, 0.2) is 0 Å². The van der Waals surface area contributed by atoms with Gasteiger partial charge in [-0.1, -0.05) is 30.3 Å². The Morgan fingerprint density at radius 2 is 1.96 bits per heavy atom. The molecule has 2 aromatic carbocycles. The van der Waals surface area contributed by atoms with Crippen molar-refractivity contribution in [1.29, 1.82) is 0 Å². The minimum absolute atomic E-state index is 0.313. The number of ether oxygens (including phenoxy) is 1. The van der Waals surface area contributed by atoms with Crippen LogP contribution in [-0.4, -0.2) is 18.3 Å². The van der Waals surface area contributed by atoms with Gasteiger partial charge < -0.3 is 4.74 Å². The number of hydrazone groups is 1. The Morgan fingerprint density at radius 3 is 2.78 bits per heavy atom. The van der Waals surface area contributed by atoms with Crippen LogP contribution in [0.15, 0.2) is 59.0 Å². The molecule has 0 aliphatic heterocycles. The third-order valence-corrected chi connectivity index (χ3v) is 3.90. The van der Waals surface area contributed by atoms with E-state index in [2.05, 4.69) is 15.5 Å². The van der Waals surface area contributed by atoms with Gasteiger partial charge in [0.2, 0.25) is 5.13 Å². The van der Waals surface area contributed by atoms with E-state index in [-0.39, 0.29) is 5.82 Å². The molecular weight excluding hydrogens is 313 g/mol. The predicted octanol–water partition coefficient (Wildman–Crippen LogP) is 4.40. The number of rotatable bonds is 5. The van der Waals surface area contributed by atoms with Crippen LogP contribution in [0.4, 0.5) is 9.52 Å². The molecule has 0 saturated carbocycles. The van der Waals surface area contributed by atoms with Crippen LogP contribution in [0.25, 0.3) is 11.3 Å². The van der Waals surface area contributed by atoms with Gasteiger partial charge in [-0.05, 0) is 18.2 Å². The van der Waals surface area contributed by atoms with Crippen molar-refractivity contribution < 1.29 is 9.13 Å². The fraction of sp³-hybridized carbons (Fsp3) is 0.0588. The Morgan fingerprint density at radius 1 is 1.17 bits per heavy atom. The number of para-hydroxylation sites is 1. The minimum atomic E-state index is -0.313. The molecule has 1 N–H and O–H groups in total. The van der Waals surface area contributed by atoms with E-state index in [9.17, 15) is 4.39 Å². The van der Waals surface area contributed by atoms with Crippen molar-refractivity contribution in [3.63, 3.8) is 0 Å². The van der Waals surface area contributed by atoms with Crippen molar-refractivity contribution in [3.05, 3.63) is 65.3 Å². The molecule has 116 valence electrons. The second kappa shape index (κ2) is 7.02. The van der Waals surface area contributed by atoms with Crippen LogP contribution < -0.4 is 10.2 Å². The molecule has 0 fully saturated rings. The third-order valence-electron chi connectivity index (χ3n) is 3.16. The van der Waals surface area contributed by atoms with Crippen LogP contribution in [0.2, 0.25) is 0 Å². The summed E-state index contributed by atoms with van der Waals surface area (Å²) in [4.78, 5) is 4.46. The molecule has 6 heteroatoms. The van der Waals surface area contributed by atoms with Gasteiger partial charge >= 0.3 is 0 Å². The van der Waals surface area contributed by atoms with Crippen LogP contribution in [0.1, 0.15) is 5.56 Å². The molecule has 0 amide bonds. The van der Waals surface area contributed by atoms with Gasteiger partial charge in [-0.3, -0.25) is 5.43 Å². The van der Waals surface area contributed by atoms with Crippen LogP contribution in [0.3, 0.4) is 0 Å². The van der Waals surface area contributed by atoms with Crippen molar-refractivity contribution in [2.24, 2.45) is 5.10 Å². The lowest BCUT2D eigenvalue weighted by atomic mass is 10.1. The molecular formula is C17H14FN3OS. The molecule has 0 saturated heterocycles. The number of halogens is 1. The molecule has 0 radical (unpaired) electrons. The van der Waals surface area contributed by atoms with Crippen LogP contribution in [0.5, 0.6) is 5.75 Å². The summed E-state index contributed by atoms with van der Waals surface area (Å²) in [6, 6.07) is 14.1. The van der Waals surface area contributed by atoms with Crippen molar-refractivity contribution in [1.82, 2.24) is 4.98 Å². The highest BCUT2D eigenvalue weighted by Gasteiger charge is 2.08. The number of hydrogen-bond donors (Lipinski definition) is 1. The zero-order valence-electron chi connectivity index (χ0n) is 12.4. The summed E-state index contributed by atoms with van der Waals surface area (Å²) in [7, 11) is 1.63. The summed E-state index contributed by atoms with van der Waals surface area (Å²) >= 11 is 1.42. The Hall–Kier alpha value is -2.73. The van der Waals surface area contributed by atoms with Crippen molar-refractivity contribution in [2.45, 2.75) is 0 Å². The first-order valence-electron chi connectivity index (χ1n) is 6.90. The first-order chi connectivity index (χ1) is 11.3. The third kappa shape index (κ3) is 3.54. The summed E-state index contributed by atoms with van der Waals surface area (Å²) in [6.45, 7) is 0. The van der Waals surface area contributed by atoms with E-state index < -0.39 is 0 Å². The number of aromatic nitrogens is 1. The molecule has 0 aliphatic carbocycles. The van der Waals surface area contributed by atoms with E-state index in [1.54, 1.807) is 25.3 Å². The topological polar surface area (TPSA) is 46.5 Å². The lowest BCUT2D eigenvalue weighted by molar-refractivity contribution is 0.416. The monoisotopic (exact) mass is 327 g/mol. The smallest absolute Gasteiger partial charge is 0.203 e. The standard InChI is InChI=1S/C17H14FN3OS/c1-22-16-9-5-3-7-13(16)15-11-23-17(20-15)21-19-10-12-6-2-4-8-14(12)18/h2-11H,1H3,(H,20,21)/b19-10-. The SMILES string of the molecule is COc1ccccc1-c1csc(N/N=C\c2ccccc2F)n1. The highest BCUT2D eigenvalue weighted by molar-refractivity contribution is 7.14. The van der Waals surface area contributed by atoms with E-state index in [4.69, 9.17) is 4.74 Å². The Kier molecular flexibility index (Phi) is 4.63. The average Bonchev–Trinajstić information content (AvgIpc) is 3.05. The van der Waals surface area contributed by atoms with E-state index in [1.807, 2.05) is 29.6 Å². The largest absolute Gasteiger partial charge is 0.496 e. The summed E-state index contributed by atoms with van der Waals surface area (Å²) in [5, 5.41) is 6.56. The number of nitrogens with zero attached hydrogens (tertiary/aromatic N) is 2. The van der Waals surface area contributed by atoms with E-state index in [0.717, 1.165) is 17.0 Å². The second-order valence-electron chi connectivity index (χ2n) is 4.63. The number of methoxy groups -OCH3 is 1. The summed E-state index contributed by atoms with van der Waals surface area (Å²) in [6.07, 6.45) is 1.43. The molecule has 0 unspecified atom stereocenters. The van der Waals surface area contributed by atoms with Crippen LogP contribution in [-0.2, 0) is 0 Å².